The van der Waals surface area contributed by atoms with Gasteiger partial charge < -0.3 is 21.1 Å². The largest absolute Gasteiger partial charge is 0.390 e. The van der Waals surface area contributed by atoms with Crippen LogP contribution >= 0.6 is 10.8 Å². The van der Waals surface area contributed by atoms with E-state index >= 15 is 0 Å². The molecule has 0 bridgehead atoms. The van der Waals surface area contributed by atoms with E-state index in [0.29, 0.717) is 49.0 Å². The lowest BCUT2D eigenvalue weighted by Crippen LogP contribution is -2.49. The third-order valence-electron chi connectivity index (χ3n) is 7.16. The summed E-state index contributed by atoms with van der Waals surface area (Å²) in [4.78, 5) is 13.6. The zero-order valence-electron chi connectivity index (χ0n) is 23.9. The van der Waals surface area contributed by atoms with Crippen molar-refractivity contribution < 1.29 is 19.0 Å². The van der Waals surface area contributed by atoms with E-state index in [1.54, 1.807) is 16.4 Å². The summed E-state index contributed by atoms with van der Waals surface area (Å²) in [6.45, 7) is 10.1. The molecule has 8 nitrogen and oxygen atoms in total. The van der Waals surface area contributed by atoms with Crippen LogP contribution in [-0.4, -0.2) is 63.7 Å². The summed E-state index contributed by atoms with van der Waals surface area (Å²) in [6, 6.07) is 15.0. The number of benzene rings is 2. The minimum Gasteiger partial charge on any atom is -0.390 e. The first kappa shape index (κ1) is 31.2. The van der Waals surface area contributed by atoms with Crippen molar-refractivity contribution in [2.24, 2.45) is 5.92 Å². The Morgan fingerprint density at radius 2 is 1.79 bits per heavy atom. The molecule has 2 aromatic carbocycles. The molecule has 0 spiro atoms. The second kappa shape index (κ2) is 14.9. The molecule has 0 aromatic heterocycles. The summed E-state index contributed by atoms with van der Waals surface area (Å²) in [5.74, 6) is 0.645. The van der Waals surface area contributed by atoms with Gasteiger partial charge in [0.05, 0.1) is 23.6 Å². The number of hydrogen-bond donors (Lipinski definition) is 6. The topological polar surface area (TPSA) is 117 Å². The monoisotopic (exact) mass is 560 g/mol. The summed E-state index contributed by atoms with van der Waals surface area (Å²) < 4.78 is 23.0. The molecule has 1 unspecified atom stereocenters. The van der Waals surface area contributed by atoms with E-state index in [-0.39, 0.29) is 11.9 Å². The van der Waals surface area contributed by atoms with Crippen LogP contribution in [0.25, 0.3) is 0 Å². The molecule has 1 aliphatic heterocycles. The lowest BCUT2D eigenvalue weighted by molar-refractivity contribution is 0.0825. The van der Waals surface area contributed by atoms with Crippen LogP contribution in [0.4, 0.5) is 11.4 Å². The van der Waals surface area contributed by atoms with Crippen LogP contribution in [-0.2, 0) is 6.42 Å². The summed E-state index contributed by atoms with van der Waals surface area (Å²) in [5, 5.41) is 21.0. The molecular weight excluding hydrogens is 512 g/mol. The van der Waals surface area contributed by atoms with Gasteiger partial charge in [-0.3, -0.25) is 18.2 Å². The highest BCUT2D eigenvalue weighted by atomic mass is 32.3. The first-order chi connectivity index (χ1) is 18.6. The lowest BCUT2D eigenvalue weighted by Gasteiger charge is -2.47. The fourth-order valence-corrected chi connectivity index (χ4v) is 6.53. The molecule has 0 radical (unpaired) electrons. The van der Waals surface area contributed by atoms with Gasteiger partial charge in [-0.1, -0.05) is 44.2 Å². The number of nitrogens with one attached hydrogen (secondary N) is 3. The van der Waals surface area contributed by atoms with Crippen LogP contribution in [0.2, 0.25) is 0 Å². The van der Waals surface area contributed by atoms with Crippen molar-refractivity contribution in [3.8, 4) is 0 Å². The van der Waals surface area contributed by atoms with Crippen molar-refractivity contribution in [2.45, 2.75) is 78.0 Å². The fourth-order valence-electron chi connectivity index (χ4n) is 4.85. The SMILES string of the molecule is CCNc1cc(C(=O)N[C@@H](Cc2ccccc2)[C@@H](O)CNC(C)CCC(C)C)cc(N2CCCCS2(O)O)c1. The zero-order valence-corrected chi connectivity index (χ0v) is 24.7. The third kappa shape index (κ3) is 9.69. The Morgan fingerprint density at radius 3 is 2.46 bits per heavy atom. The van der Waals surface area contributed by atoms with Gasteiger partial charge in [0.15, 0.2) is 0 Å². The predicted molar refractivity (Wildman–Crippen MR) is 164 cm³/mol. The van der Waals surface area contributed by atoms with Crippen LogP contribution in [0.3, 0.4) is 0 Å². The highest BCUT2D eigenvalue weighted by Crippen LogP contribution is 2.50. The second-order valence-corrected chi connectivity index (χ2v) is 13.2. The molecule has 2 aromatic rings. The number of carbonyl (C=O) groups is 1. The summed E-state index contributed by atoms with van der Waals surface area (Å²) in [6.07, 6.45) is 3.46. The maximum absolute atomic E-state index is 13.6. The number of aliphatic hydroxyl groups is 1. The number of anilines is 2. The molecule has 0 saturated carbocycles. The number of nitrogens with zero attached hydrogens (tertiary/aromatic N) is 1. The summed E-state index contributed by atoms with van der Waals surface area (Å²) in [5.41, 5.74) is 2.78. The van der Waals surface area contributed by atoms with E-state index in [1.807, 2.05) is 43.3 Å². The molecule has 6 N–H and O–H groups in total. The summed E-state index contributed by atoms with van der Waals surface area (Å²) >= 11 is 0. The average Bonchev–Trinajstić information content (AvgIpc) is 2.90. The normalized spacial score (nSPS) is 18.3. The van der Waals surface area contributed by atoms with Gasteiger partial charge in [-0.2, -0.15) is 0 Å². The first-order valence-corrected chi connectivity index (χ1v) is 15.9. The number of aliphatic hydroxyl groups excluding tert-OH is 1. The van der Waals surface area contributed by atoms with Crippen LogP contribution in [0, 0.1) is 5.92 Å². The molecule has 1 aliphatic rings. The first-order valence-electron chi connectivity index (χ1n) is 14.3. The maximum Gasteiger partial charge on any atom is 0.251 e. The Bertz CT molecular complexity index is 1040. The molecule has 1 saturated heterocycles. The lowest BCUT2D eigenvalue weighted by atomic mass is 9.99. The van der Waals surface area contributed by atoms with Crippen molar-refractivity contribution in [3.05, 3.63) is 59.7 Å². The van der Waals surface area contributed by atoms with E-state index in [2.05, 4.69) is 36.7 Å². The molecule has 3 atom stereocenters. The molecule has 218 valence electrons. The Labute approximate surface area is 236 Å². The molecule has 1 fully saturated rings. The van der Waals surface area contributed by atoms with Gasteiger partial charge in [0.25, 0.3) is 5.91 Å². The van der Waals surface area contributed by atoms with Crippen LogP contribution in [0.15, 0.2) is 48.5 Å². The van der Waals surface area contributed by atoms with Gasteiger partial charge in [-0.25, -0.2) is 0 Å². The van der Waals surface area contributed by atoms with Crippen molar-refractivity contribution in [3.63, 3.8) is 0 Å². The average molecular weight is 561 g/mol. The Kier molecular flexibility index (Phi) is 11.9. The standard InChI is InChI=1S/C30H48N4O4S/c1-5-31-26-18-25(19-27(20-26)34-15-9-10-16-39(34,37)38)30(36)33-28(17-24-11-7-6-8-12-24)29(35)21-32-23(4)14-13-22(2)3/h6-8,11-12,18-20,22-23,28-29,31-32,35,37-38H,5,9-10,13-17,21H2,1-4H3,(H,33,36)/t23?,28-,29-/m0/s1. The zero-order chi connectivity index (χ0) is 28.4. The smallest absolute Gasteiger partial charge is 0.251 e. The molecule has 9 heteroatoms. The van der Waals surface area contributed by atoms with Crippen molar-refractivity contribution in [1.29, 1.82) is 0 Å². The van der Waals surface area contributed by atoms with Crippen molar-refractivity contribution in [2.75, 3.05) is 35.0 Å². The molecule has 39 heavy (non-hydrogen) atoms. The van der Waals surface area contributed by atoms with Gasteiger partial charge >= 0.3 is 0 Å². The molecule has 1 amide bonds. The fraction of sp³-hybridized carbons (Fsp3) is 0.567. The van der Waals surface area contributed by atoms with Crippen molar-refractivity contribution >= 4 is 28.1 Å². The van der Waals surface area contributed by atoms with Crippen LogP contribution in [0.5, 0.6) is 0 Å². The van der Waals surface area contributed by atoms with Gasteiger partial charge in [-0.05, 0) is 75.6 Å². The van der Waals surface area contributed by atoms with E-state index in [1.165, 1.54) is 0 Å². The van der Waals surface area contributed by atoms with E-state index < -0.39 is 22.9 Å². The van der Waals surface area contributed by atoms with Gasteiger partial charge in [0.1, 0.15) is 0 Å². The number of rotatable bonds is 14. The minimum absolute atomic E-state index is 0.263. The highest BCUT2D eigenvalue weighted by molar-refractivity contribution is 8.25. The van der Waals surface area contributed by atoms with Gasteiger partial charge in [0.2, 0.25) is 0 Å². The molecule has 3 rings (SSSR count). The second-order valence-electron chi connectivity index (χ2n) is 11.1. The molecular formula is C30H48N4O4S. The summed E-state index contributed by atoms with van der Waals surface area (Å²) in [7, 11) is -2.93. The van der Waals surface area contributed by atoms with Gasteiger partial charge in [0, 0.05) is 36.9 Å². The number of hydrogen-bond acceptors (Lipinski definition) is 7. The predicted octanol–water partition coefficient (Wildman–Crippen LogP) is 5.50. The Balaban J connectivity index is 1.80. The third-order valence-corrected chi connectivity index (χ3v) is 9.10. The maximum atomic E-state index is 13.6. The highest BCUT2D eigenvalue weighted by Gasteiger charge is 2.28. The number of carbonyl (C=O) groups excluding carboxylic acids is 1. The quantitative estimate of drug-likeness (QED) is 0.181. The van der Waals surface area contributed by atoms with E-state index in [0.717, 1.165) is 36.9 Å². The molecule has 0 aliphatic carbocycles. The van der Waals surface area contributed by atoms with Gasteiger partial charge in [-0.15, -0.1) is 10.8 Å². The Morgan fingerprint density at radius 1 is 1.05 bits per heavy atom. The van der Waals surface area contributed by atoms with Crippen molar-refractivity contribution in [1.82, 2.24) is 10.6 Å². The van der Waals surface area contributed by atoms with Crippen LogP contribution in [0.1, 0.15) is 69.3 Å². The van der Waals surface area contributed by atoms with E-state index in [9.17, 15) is 19.0 Å². The van der Waals surface area contributed by atoms with Crippen LogP contribution < -0.4 is 20.3 Å². The Hall–Kier alpha value is -2.30. The van der Waals surface area contributed by atoms with E-state index in [4.69, 9.17) is 0 Å². The number of amides is 1. The minimum atomic E-state index is -2.93. The molecule has 1 heterocycles.